The van der Waals surface area contributed by atoms with Crippen LogP contribution in [0.2, 0.25) is 0 Å². The fraction of sp³-hybridized carbons (Fsp3) is 0.261. The van der Waals surface area contributed by atoms with Crippen LogP contribution >= 0.6 is 0 Å². The topological polar surface area (TPSA) is 77.6 Å². The van der Waals surface area contributed by atoms with E-state index in [0.29, 0.717) is 43.0 Å². The summed E-state index contributed by atoms with van der Waals surface area (Å²) >= 11 is 0. The molecule has 1 saturated heterocycles. The molecule has 2 aromatic rings. The summed E-state index contributed by atoms with van der Waals surface area (Å²) in [6.07, 6.45) is 9.74. The number of fused-ring (bicyclic) bond motifs is 2. The Hall–Kier alpha value is -3.68. The average Bonchev–Trinajstić information content (AvgIpc) is 3.19. The highest BCUT2D eigenvalue weighted by atomic mass is 19.1. The summed E-state index contributed by atoms with van der Waals surface area (Å²) in [7, 11) is 0. The zero-order valence-electron chi connectivity index (χ0n) is 16.8. The smallest absolute Gasteiger partial charge is 0.274 e. The first-order chi connectivity index (χ1) is 15.1. The first-order valence-electron chi connectivity index (χ1n) is 10.3. The number of alkyl halides is 1. The number of aromatic nitrogens is 1. The summed E-state index contributed by atoms with van der Waals surface area (Å²) in [6, 6.07) is 7.47. The minimum absolute atomic E-state index is 0.164. The lowest BCUT2D eigenvalue weighted by Crippen LogP contribution is -2.52. The van der Waals surface area contributed by atoms with Gasteiger partial charge >= 0.3 is 0 Å². The maximum absolute atomic E-state index is 13.5. The molecule has 2 amide bonds. The molecule has 7 nitrogen and oxygen atoms in total. The standard InChI is InChI=1S/C23H22FN5O2/c24-16-8-12-28(13-9-16)23(31)21-27-20(19-6-1-2-11-29(19)21)22(30)26-18-5-3-4-15-14-25-10-7-17(15)18/h1-7,10-11,14,16,21,27H,8-9,12-13H2,(H,26,30). The number of carbonyl (C=O) groups is 2. The Balaban J connectivity index is 1.39. The largest absolute Gasteiger partial charge is 0.351 e. The number of likely N-dealkylation sites (tertiary alicyclic amines) is 1. The molecule has 0 radical (unpaired) electrons. The summed E-state index contributed by atoms with van der Waals surface area (Å²) in [5, 5.41) is 7.86. The zero-order valence-corrected chi connectivity index (χ0v) is 16.8. The minimum atomic E-state index is -0.857. The van der Waals surface area contributed by atoms with E-state index in [0.717, 1.165) is 10.8 Å². The van der Waals surface area contributed by atoms with Gasteiger partial charge in [-0.15, -0.1) is 0 Å². The first-order valence-corrected chi connectivity index (χ1v) is 10.3. The van der Waals surface area contributed by atoms with Gasteiger partial charge in [-0.1, -0.05) is 18.2 Å². The van der Waals surface area contributed by atoms with E-state index in [-0.39, 0.29) is 11.8 Å². The third-order valence-corrected chi connectivity index (χ3v) is 5.83. The lowest BCUT2D eigenvalue weighted by Gasteiger charge is -2.33. The number of halogens is 1. The van der Waals surface area contributed by atoms with Gasteiger partial charge in [0.1, 0.15) is 11.9 Å². The number of hydrogen-bond donors (Lipinski definition) is 2. The summed E-state index contributed by atoms with van der Waals surface area (Å²) in [5.74, 6) is -0.495. The molecule has 0 saturated carbocycles. The number of allylic oxidation sites excluding steroid dienone is 3. The van der Waals surface area contributed by atoms with Gasteiger partial charge in [0.05, 0.1) is 5.70 Å². The van der Waals surface area contributed by atoms with Crippen LogP contribution in [0.4, 0.5) is 10.1 Å². The summed E-state index contributed by atoms with van der Waals surface area (Å²) < 4.78 is 13.5. The van der Waals surface area contributed by atoms with Gasteiger partial charge in [-0.05, 0) is 37.1 Å². The molecule has 1 atom stereocenters. The van der Waals surface area contributed by atoms with Gasteiger partial charge in [0.2, 0.25) is 0 Å². The van der Waals surface area contributed by atoms with Crippen molar-refractivity contribution in [1.82, 2.24) is 20.1 Å². The molecule has 3 aliphatic rings. The Kier molecular flexibility index (Phi) is 4.89. The average molecular weight is 419 g/mol. The van der Waals surface area contributed by atoms with E-state index in [1.165, 1.54) is 0 Å². The van der Waals surface area contributed by atoms with Crippen molar-refractivity contribution in [1.29, 1.82) is 0 Å². The number of nitrogens with zero attached hydrogens (tertiary/aromatic N) is 3. The molecule has 5 rings (SSSR count). The second-order valence-electron chi connectivity index (χ2n) is 7.77. The predicted octanol–water partition coefficient (Wildman–Crippen LogP) is 2.66. The number of hydrogen-bond acceptors (Lipinski definition) is 5. The SMILES string of the molecule is O=C(Nc1cccc2cnccc12)C1=C2C=CC=CN2C(C(=O)N2CCC(F)CC2)N1. The lowest BCUT2D eigenvalue weighted by molar-refractivity contribution is -0.137. The van der Waals surface area contributed by atoms with Gasteiger partial charge in [0, 0.05) is 48.1 Å². The van der Waals surface area contributed by atoms with Crippen molar-refractivity contribution in [3.8, 4) is 0 Å². The van der Waals surface area contributed by atoms with Gasteiger partial charge < -0.3 is 20.4 Å². The van der Waals surface area contributed by atoms with E-state index in [2.05, 4.69) is 15.6 Å². The van der Waals surface area contributed by atoms with Crippen LogP contribution in [0.3, 0.4) is 0 Å². The Morgan fingerprint density at radius 3 is 2.84 bits per heavy atom. The van der Waals surface area contributed by atoms with E-state index in [1.54, 1.807) is 34.5 Å². The number of piperidine rings is 1. The maximum Gasteiger partial charge on any atom is 0.274 e. The van der Waals surface area contributed by atoms with Crippen LogP contribution < -0.4 is 10.6 Å². The highest BCUT2D eigenvalue weighted by Crippen LogP contribution is 2.29. The van der Waals surface area contributed by atoms with Crippen LogP contribution in [-0.4, -0.2) is 52.0 Å². The van der Waals surface area contributed by atoms with Crippen molar-refractivity contribution in [3.63, 3.8) is 0 Å². The molecule has 2 N–H and O–H groups in total. The Morgan fingerprint density at radius 2 is 2.00 bits per heavy atom. The van der Waals surface area contributed by atoms with Crippen LogP contribution in [0, 0.1) is 0 Å². The van der Waals surface area contributed by atoms with Crippen LogP contribution in [-0.2, 0) is 9.59 Å². The second-order valence-corrected chi connectivity index (χ2v) is 7.77. The number of rotatable bonds is 3. The molecule has 158 valence electrons. The fourth-order valence-corrected chi connectivity index (χ4v) is 4.19. The van der Waals surface area contributed by atoms with E-state index in [9.17, 15) is 14.0 Å². The molecule has 4 heterocycles. The number of amides is 2. The molecule has 1 aromatic carbocycles. The van der Waals surface area contributed by atoms with Crippen molar-refractivity contribution in [3.05, 3.63) is 72.5 Å². The summed E-state index contributed by atoms with van der Waals surface area (Å²) in [5.41, 5.74) is 1.62. The minimum Gasteiger partial charge on any atom is -0.351 e. The molecule has 8 heteroatoms. The van der Waals surface area contributed by atoms with Gasteiger partial charge in [0.25, 0.3) is 11.8 Å². The number of anilines is 1. The number of pyridine rings is 1. The molecule has 0 bridgehead atoms. The fourth-order valence-electron chi connectivity index (χ4n) is 4.19. The summed E-state index contributed by atoms with van der Waals surface area (Å²) in [4.78, 5) is 33.9. The monoisotopic (exact) mass is 419 g/mol. The first kappa shape index (κ1) is 19.3. The quantitative estimate of drug-likeness (QED) is 0.800. The molecular formula is C23H22FN5O2. The number of nitrogens with one attached hydrogen (secondary N) is 2. The molecule has 1 aromatic heterocycles. The third kappa shape index (κ3) is 3.54. The molecule has 3 aliphatic heterocycles. The summed E-state index contributed by atoms with van der Waals surface area (Å²) in [6.45, 7) is 0.763. The Bertz CT molecular complexity index is 1130. The van der Waals surface area contributed by atoms with Crippen LogP contribution in [0.5, 0.6) is 0 Å². The number of carbonyl (C=O) groups excluding carboxylic acids is 2. The highest BCUT2D eigenvalue weighted by molar-refractivity contribution is 6.09. The maximum atomic E-state index is 13.5. The van der Waals surface area contributed by atoms with Crippen LogP contribution in [0.15, 0.2) is 72.5 Å². The van der Waals surface area contributed by atoms with Crippen molar-refractivity contribution >= 4 is 28.3 Å². The van der Waals surface area contributed by atoms with E-state index in [4.69, 9.17) is 0 Å². The molecule has 31 heavy (non-hydrogen) atoms. The van der Waals surface area contributed by atoms with Gasteiger partial charge in [-0.25, -0.2) is 4.39 Å². The predicted molar refractivity (Wildman–Crippen MR) is 115 cm³/mol. The van der Waals surface area contributed by atoms with Crippen LogP contribution in [0.1, 0.15) is 12.8 Å². The molecular weight excluding hydrogens is 397 g/mol. The zero-order chi connectivity index (χ0) is 21.4. The van der Waals surface area contributed by atoms with Gasteiger partial charge in [-0.2, -0.15) is 0 Å². The van der Waals surface area contributed by atoms with E-state index in [1.807, 2.05) is 36.4 Å². The van der Waals surface area contributed by atoms with Crippen molar-refractivity contribution < 1.29 is 14.0 Å². The highest BCUT2D eigenvalue weighted by Gasteiger charge is 2.40. The molecule has 0 spiro atoms. The van der Waals surface area contributed by atoms with Crippen LogP contribution in [0.25, 0.3) is 10.8 Å². The Labute approximate surface area is 178 Å². The van der Waals surface area contributed by atoms with Gasteiger partial charge in [0.15, 0.2) is 6.17 Å². The Morgan fingerprint density at radius 1 is 1.16 bits per heavy atom. The van der Waals surface area contributed by atoms with Crippen molar-refractivity contribution in [2.45, 2.75) is 25.2 Å². The van der Waals surface area contributed by atoms with Gasteiger partial charge in [-0.3, -0.25) is 14.6 Å². The number of benzene rings is 1. The van der Waals surface area contributed by atoms with E-state index < -0.39 is 12.3 Å². The molecule has 0 aliphatic carbocycles. The van der Waals surface area contributed by atoms with Crippen molar-refractivity contribution in [2.24, 2.45) is 0 Å². The van der Waals surface area contributed by atoms with E-state index >= 15 is 0 Å². The second kappa shape index (κ2) is 7.86. The van der Waals surface area contributed by atoms with Crippen molar-refractivity contribution in [2.75, 3.05) is 18.4 Å². The third-order valence-electron chi connectivity index (χ3n) is 5.83. The molecule has 1 fully saturated rings. The molecule has 1 unspecified atom stereocenters. The normalized spacial score (nSPS) is 20.7. The lowest BCUT2D eigenvalue weighted by atomic mass is 10.1.